The summed E-state index contributed by atoms with van der Waals surface area (Å²) < 4.78 is 118. The maximum atomic E-state index is 13.1. The van der Waals surface area contributed by atoms with E-state index in [1.807, 2.05) is 0 Å². The topological polar surface area (TPSA) is 39.3 Å². The van der Waals surface area contributed by atoms with Crippen LogP contribution >= 0.6 is 0 Å². The van der Waals surface area contributed by atoms with Crippen molar-refractivity contribution in [1.29, 1.82) is 0 Å². The van der Waals surface area contributed by atoms with Crippen molar-refractivity contribution in [3.8, 4) is 0 Å². The molecule has 3 aromatic rings. The first-order valence-electron chi connectivity index (χ1n) is 10.2. The minimum absolute atomic E-state index is 0.0535. The molecule has 0 atom stereocenters. The van der Waals surface area contributed by atoms with Gasteiger partial charge in [-0.15, -0.1) is 0 Å². The number of aromatic amines is 1. The summed E-state index contributed by atoms with van der Waals surface area (Å²) in [6, 6.07) is 3.91. The van der Waals surface area contributed by atoms with Crippen LogP contribution in [0, 0.1) is 0 Å². The Morgan fingerprint density at radius 2 is 1.26 bits per heavy atom. The molecule has 4 nitrogen and oxygen atoms in total. The van der Waals surface area contributed by atoms with Gasteiger partial charge in [0.05, 0.1) is 22.4 Å². The lowest BCUT2D eigenvalue weighted by Crippen LogP contribution is -2.48. The highest BCUT2D eigenvalue weighted by atomic mass is 19.4. The van der Waals surface area contributed by atoms with E-state index in [2.05, 4.69) is 4.98 Å². The number of nitrogens with one attached hydrogen (secondary N) is 1. The lowest BCUT2D eigenvalue weighted by atomic mass is 10.0. The van der Waals surface area contributed by atoms with Gasteiger partial charge in [-0.3, -0.25) is 4.79 Å². The molecule has 0 aliphatic carbocycles. The van der Waals surface area contributed by atoms with Crippen LogP contribution in [0.1, 0.15) is 27.0 Å². The molecule has 1 N–H and O–H groups in total. The molecule has 0 radical (unpaired) electrons. The fourth-order valence-electron chi connectivity index (χ4n) is 3.96. The van der Waals surface area contributed by atoms with Gasteiger partial charge in [0.15, 0.2) is 0 Å². The SMILES string of the molecule is O=C(c1cc(C(F)(F)F)cc(C(F)(F)F)c1)N1CCN(c2c[nH]c3ccc(C(F)(F)F)cc23)CC1. The Bertz CT molecular complexity index is 1220. The number of nitrogens with zero attached hydrogens (tertiary/aromatic N) is 2. The maximum absolute atomic E-state index is 13.1. The number of aromatic nitrogens is 1. The number of hydrogen-bond donors (Lipinski definition) is 1. The molecular weight excluding hydrogens is 493 g/mol. The zero-order chi connectivity index (χ0) is 25.8. The van der Waals surface area contributed by atoms with Gasteiger partial charge in [-0.2, -0.15) is 39.5 Å². The largest absolute Gasteiger partial charge is 0.416 e. The Labute approximate surface area is 191 Å². The number of alkyl halides is 9. The number of halogens is 9. The standard InChI is InChI=1S/C22H16F9N3O/c23-20(24,25)13-1-2-17-16(10-13)18(11-32-17)33-3-5-34(6-4-33)19(35)12-7-14(21(26,27)28)9-15(8-12)22(29,30)31/h1-2,7-11,32H,3-6H2. The summed E-state index contributed by atoms with van der Waals surface area (Å²) in [4.78, 5) is 18.4. The van der Waals surface area contributed by atoms with Crippen molar-refractivity contribution < 1.29 is 44.3 Å². The van der Waals surface area contributed by atoms with Crippen LogP contribution in [-0.4, -0.2) is 42.0 Å². The number of amides is 1. The van der Waals surface area contributed by atoms with Crippen LogP contribution in [0.3, 0.4) is 0 Å². The summed E-state index contributed by atoms with van der Waals surface area (Å²) in [5, 5.41) is 0.298. The van der Waals surface area contributed by atoms with Crippen molar-refractivity contribution in [3.63, 3.8) is 0 Å². The first-order valence-corrected chi connectivity index (χ1v) is 10.2. The predicted octanol–water partition coefficient (Wildman–Crippen LogP) is 6.19. The van der Waals surface area contributed by atoms with Crippen LogP contribution in [0.25, 0.3) is 10.9 Å². The van der Waals surface area contributed by atoms with E-state index in [4.69, 9.17) is 0 Å². The monoisotopic (exact) mass is 509 g/mol. The van der Waals surface area contributed by atoms with Crippen LogP contribution in [0.4, 0.5) is 45.2 Å². The molecule has 35 heavy (non-hydrogen) atoms. The minimum atomic E-state index is -5.08. The number of anilines is 1. The molecule has 1 aromatic heterocycles. The summed E-state index contributed by atoms with van der Waals surface area (Å²) in [6.07, 6.45) is -13.2. The van der Waals surface area contributed by atoms with Crippen LogP contribution in [-0.2, 0) is 18.5 Å². The Hall–Kier alpha value is -3.38. The van der Waals surface area contributed by atoms with E-state index in [1.54, 1.807) is 4.90 Å². The van der Waals surface area contributed by atoms with Crippen molar-refractivity contribution in [2.24, 2.45) is 0 Å². The molecule has 1 amide bonds. The molecule has 0 unspecified atom stereocenters. The van der Waals surface area contributed by atoms with Gasteiger partial charge in [-0.25, -0.2) is 0 Å². The smallest absolute Gasteiger partial charge is 0.366 e. The number of benzene rings is 2. The molecule has 0 bridgehead atoms. The number of fused-ring (bicyclic) bond motifs is 1. The van der Waals surface area contributed by atoms with Crippen molar-refractivity contribution >= 4 is 22.5 Å². The van der Waals surface area contributed by atoms with Crippen LogP contribution in [0.2, 0.25) is 0 Å². The van der Waals surface area contributed by atoms with E-state index in [1.165, 1.54) is 12.3 Å². The maximum Gasteiger partial charge on any atom is 0.416 e. The zero-order valence-electron chi connectivity index (χ0n) is 17.6. The third kappa shape index (κ3) is 5.03. The first kappa shape index (κ1) is 24.7. The third-order valence-electron chi connectivity index (χ3n) is 5.73. The minimum Gasteiger partial charge on any atom is -0.366 e. The molecule has 0 saturated carbocycles. The fraction of sp³-hybridized carbons (Fsp3) is 0.318. The average Bonchev–Trinajstić information content (AvgIpc) is 3.20. The van der Waals surface area contributed by atoms with Crippen LogP contribution < -0.4 is 4.90 Å². The van der Waals surface area contributed by atoms with Crippen molar-refractivity contribution in [3.05, 3.63) is 64.8 Å². The Balaban J connectivity index is 1.55. The lowest BCUT2D eigenvalue weighted by Gasteiger charge is -2.36. The van der Waals surface area contributed by atoms with Gasteiger partial charge in [0, 0.05) is 48.8 Å². The van der Waals surface area contributed by atoms with Crippen molar-refractivity contribution in [2.45, 2.75) is 18.5 Å². The van der Waals surface area contributed by atoms with E-state index in [0.717, 1.165) is 17.0 Å². The average molecular weight is 509 g/mol. The summed E-state index contributed by atoms with van der Waals surface area (Å²) in [7, 11) is 0. The highest BCUT2D eigenvalue weighted by Gasteiger charge is 2.38. The molecular formula is C22H16F9N3O. The Morgan fingerprint density at radius 1 is 0.714 bits per heavy atom. The number of H-pyrrole nitrogens is 1. The number of rotatable bonds is 2. The second kappa shape index (κ2) is 8.38. The van der Waals surface area contributed by atoms with Crippen molar-refractivity contribution in [2.75, 3.05) is 31.1 Å². The Morgan fingerprint density at radius 3 is 1.77 bits per heavy atom. The second-order valence-corrected chi connectivity index (χ2v) is 8.01. The number of carbonyl (C=O) groups is 1. The van der Waals surface area contributed by atoms with E-state index in [9.17, 15) is 44.3 Å². The van der Waals surface area contributed by atoms with E-state index in [0.29, 0.717) is 28.7 Å². The van der Waals surface area contributed by atoms with Crippen LogP contribution in [0.15, 0.2) is 42.6 Å². The van der Waals surface area contributed by atoms with Gasteiger partial charge < -0.3 is 14.8 Å². The normalized spacial score (nSPS) is 15.7. The first-order chi connectivity index (χ1) is 16.1. The highest BCUT2D eigenvalue weighted by Crippen LogP contribution is 2.37. The number of carbonyl (C=O) groups excluding carboxylic acids is 1. The van der Waals surface area contributed by atoms with Crippen LogP contribution in [0.5, 0.6) is 0 Å². The second-order valence-electron chi connectivity index (χ2n) is 8.01. The summed E-state index contributed by atoms with van der Waals surface area (Å²) in [5.41, 5.74) is -3.87. The van der Waals surface area contributed by atoms with E-state index < -0.39 is 46.7 Å². The lowest BCUT2D eigenvalue weighted by molar-refractivity contribution is -0.143. The number of hydrogen-bond acceptors (Lipinski definition) is 2. The summed E-state index contributed by atoms with van der Waals surface area (Å²) >= 11 is 0. The van der Waals surface area contributed by atoms with Crippen molar-refractivity contribution in [1.82, 2.24) is 9.88 Å². The van der Waals surface area contributed by atoms with Gasteiger partial charge in [0.1, 0.15) is 0 Å². The third-order valence-corrected chi connectivity index (χ3v) is 5.73. The van der Waals surface area contributed by atoms with Gasteiger partial charge in [-0.1, -0.05) is 0 Å². The molecule has 188 valence electrons. The van der Waals surface area contributed by atoms with Gasteiger partial charge >= 0.3 is 18.5 Å². The van der Waals surface area contributed by atoms with E-state index in [-0.39, 0.29) is 32.2 Å². The molecule has 0 spiro atoms. The van der Waals surface area contributed by atoms with Gasteiger partial charge in [-0.05, 0) is 36.4 Å². The molecule has 13 heteroatoms. The molecule has 1 aliphatic heterocycles. The van der Waals surface area contributed by atoms with E-state index >= 15 is 0 Å². The fourth-order valence-corrected chi connectivity index (χ4v) is 3.96. The molecule has 1 fully saturated rings. The number of piperazine rings is 1. The molecule has 2 heterocycles. The molecule has 4 rings (SSSR count). The summed E-state index contributed by atoms with van der Waals surface area (Å²) in [6.45, 7) is 0.115. The molecule has 1 saturated heterocycles. The van der Waals surface area contributed by atoms with Gasteiger partial charge in [0.2, 0.25) is 0 Å². The quantitative estimate of drug-likeness (QED) is 0.419. The molecule has 2 aromatic carbocycles. The highest BCUT2D eigenvalue weighted by molar-refractivity contribution is 5.96. The zero-order valence-corrected chi connectivity index (χ0v) is 17.6. The Kier molecular flexibility index (Phi) is 5.92. The molecule has 1 aliphatic rings. The predicted molar refractivity (Wildman–Crippen MR) is 108 cm³/mol. The van der Waals surface area contributed by atoms with Gasteiger partial charge in [0.25, 0.3) is 5.91 Å². The summed E-state index contributed by atoms with van der Waals surface area (Å²) in [5.74, 6) is -1.00.